The molecule has 5 rings (SSSR count). The van der Waals surface area contributed by atoms with Crippen molar-refractivity contribution >= 4 is 17.3 Å². The number of hydrogen-bond donors (Lipinski definition) is 1. The summed E-state index contributed by atoms with van der Waals surface area (Å²) in [5.41, 5.74) is 3.76. The molecule has 0 bridgehead atoms. The largest absolute Gasteiger partial charge is 0.481 e. The van der Waals surface area contributed by atoms with Crippen molar-refractivity contribution < 1.29 is 4.74 Å². The van der Waals surface area contributed by atoms with Crippen molar-refractivity contribution in [1.29, 1.82) is 5.26 Å². The molecular weight excluding hydrogens is 442 g/mol. The fourth-order valence-electron chi connectivity index (χ4n) is 4.53. The Morgan fingerprint density at radius 1 is 1.14 bits per heavy atom. The smallest absolute Gasteiger partial charge is 0.212 e. The Hall–Kier alpha value is -4.26. The van der Waals surface area contributed by atoms with E-state index >= 15 is 0 Å². The molecule has 1 aliphatic rings. The van der Waals surface area contributed by atoms with Gasteiger partial charge < -0.3 is 15.0 Å². The van der Waals surface area contributed by atoms with E-state index in [0.717, 1.165) is 53.6 Å². The minimum Gasteiger partial charge on any atom is -0.481 e. The predicted octanol–water partition coefficient (Wildman–Crippen LogP) is 3.49. The molecule has 0 aliphatic carbocycles. The van der Waals surface area contributed by atoms with Crippen molar-refractivity contribution in [3.63, 3.8) is 0 Å². The van der Waals surface area contributed by atoms with Crippen molar-refractivity contribution in [3.05, 3.63) is 54.0 Å². The van der Waals surface area contributed by atoms with Crippen LogP contribution in [0.15, 0.2) is 42.7 Å². The van der Waals surface area contributed by atoms with E-state index in [-0.39, 0.29) is 11.5 Å². The Morgan fingerprint density at radius 2 is 2.00 bits per heavy atom. The maximum Gasteiger partial charge on any atom is 0.212 e. The lowest BCUT2D eigenvalue weighted by molar-refractivity contribution is 0.259. The molecule has 0 saturated carbocycles. The van der Waals surface area contributed by atoms with E-state index in [1.807, 2.05) is 48.0 Å². The van der Waals surface area contributed by atoms with Gasteiger partial charge in [-0.25, -0.2) is 9.97 Å². The summed E-state index contributed by atoms with van der Waals surface area (Å²) >= 11 is 0. The lowest BCUT2D eigenvalue weighted by Gasteiger charge is -2.45. The molecule has 0 spiro atoms. The molecule has 178 valence electrons. The van der Waals surface area contributed by atoms with E-state index in [9.17, 15) is 0 Å². The third-order valence-corrected chi connectivity index (χ3v) is 6.54. The number of nitrogens with one attached hydrogen (secondary N) is 1. The molecule has 1 N–H and O–H groups in total. The van der Waals surface area contributed by atoms with Crippen molar-refractivity contribution in [2.45, 2.75) is 33.2 Å². The first kappa shape index (κ1) is 22.5. The Morgan fingerprint density at radius 3 is 2.66 bits per heavy atom. The van der Waals surface area contributed by atoms with E-state index in [4.69, 9.17) is 15.1 Å². The predicted molar refractivity (Wildman–Crippen MR) is 132 cm³/mol. The van der Waals surface area contributed by atoms with Crippen molar-refractivity contribution in [1.82, 2.24) is 29.8 Å². The molecule has 1 unspecified atom stereocenters. The summed E-state index contributed by atoms with van der Waals surface area (Å²) in [6.07, 6.45) is 4.55. The maximum atomic E-state index is 8.99. The van der Waals surface area contributed by atoms with Gasteiger partial charge in [-0.3, -0.25) is 0 Å². The van der Waals surface area contributed by atoms with E-state index in [1.165, 1.54) is 0 Å². The molecule has 0 aromatic carbocycles. The average Bonchev–Trinajstić information content (AvgIpc) is 3.31. The van der Waals surface area contributed by atoms with Gasteiger partial charge in [-0.05, 0) is 31.5 Å². The summed E-state index contributed by atoms with van der Waals surface area (Å²) < 4.78 is 7.04. The van der Waals surface area contributed by atoms with Gasteiger partial charge in [0.25, 0.3) is 0 Å². The molecule has 1 atom stereocenters. The maximum absolute atomic E-state index is 8.99. The quantitative estimate of drug-likeness (QED) is 0.469. The number of fused-ring (bicyclic) bond motifs is 1. The lowest BCUT2D eigenvalue weighted by Crippen LogP contribution is -2.52. The normalized spacial score (nSPS) is 17.2. The molecule has 0 radical (unpaired) electrons. The minimum absolute atomic E-state index is 0.0637. The number of methoxy groups -OCH3 is 1. The summed E-state index contributed by atoms with van der Waals surface area (Å²) in [7, 11) is 1.60. The van der Waals surface area contributed by atoms with Gasteiger partial charge in [0.2, 0.25) is 5.88 Å². The summed E-state index contributed by atoms with van der Waals surface area (Å²) in [5.74, 6) is 2.30. The zero-order valence-electron chi connectivity index (χ0n) is 20.2. The Labute approximate surface area is 203 Å². The number of piperidine rings is 1. The first-order chi connectivity index (χ1) is 16.9. The van der Waals surface area contributed by atoms with Gasteiger partial charge in [0, 0.05) is 60.2 Å². The second-order valence-electron chi connectivity index (χ2n) is 9.46. The zero-order valence-corrected chi connectivity index (χ0v) is 20.2. The number of ether oxygens (including phenoxy) is 1. The SMILES string of the molecule is COc1ccc(-c2cc3ncc(C)c(NC4CCN(c5ccc(C#N)nn5)CC4(C)C)n3n2)cn1. The van der Waals surface area contributed by atoms with Gasteiger partial charge in [0.05, 0.1) is 12.8 Å². The molecule has 5 heterocycles. The van der Waals surface area contributed by atoms with Crippen LogP contribution in [-0.2, 0) is 0 Å². The van der Waals surface area contributed by atoms with Crippen LogP contribution in [0.25, 0.3) is 16.9 Å². The minimum atomic E-state index is -0.0637. The van der Waals surface area contributed by atoms with Crippen LogP contribution in [-0.4, -0.2) is 56.0 Å². The van der Waals surface area contributed by atoms with Gasteiger partial charge in [-0.2, -0.15) is 14.9 Å². The van der Waals surface area contributed by atoms with Crippen molar-refractivity contribution in [3.8, 4) is 23.2 Å². The van der Waals surface area contributed by atoms with Crippen LogP contribution in [0.2, 0.25) is 0 Å². The Kier molecular flexibility index (Phi) is 5.68. The highest BCUT2D eigenvalue weighted by Gasteiger charge is 2.37. The number of hydrogen-bond acceptors (Lipinski definition) is 9. The zero-order chi connectivity index (χ0) is 24.6. The molecule has 10 heteroatoms. The fourth-order valence-corrected chi connectivity index (χ4v) is 4.53. The van der Waals surface area contributed by atoms with Crippen molar-refractivity contribution in [2.75, 3.05) is 30.4 Å². The van der Waals surface area contributed by atoms with Gasteiger partial charge in [0.15, 0.2) is 17.2 Å². The van der Waals surface area contributed by atoms with Crippen LogP contribution >= 0.6 is 0 Å². The Bertz CT molecular complexity index is 1390. The van der Waals surface area contributed by atoms with Crippen LogP contribution in [0.3, 0.4) is 0 Å². The second-order valence-corrected chi connectivity index (χ2v) is 9.46. The van der Waals surface area contributed by atoms with Gasteiger partial charge >= 0.3 is 0 Å². The molecule has 10 nitrogen and oxygen atoms in total. The Balaban J connectivity index is 1.40. The van der Waals surface area contributed by atoms with Gasteiger partial charge in [-0.1, -0.05) is 13.8 Å². The second kappa shape index (κ2) is 8.83. The highest BCUT2D eigenvalue weighted by molar-refractivity contribution is 5.66. The monoisotopic (exact) mass is 469 g/mol. The molecular formula is C25H27N9O. The van der Waals surface area contributed by atoms with Crippen LogP contribution in [0, 0.1) is 23.7 Å². The highest BCUT2D eigenvalue weighted by atomic mass is 16.5. The summed E-state index contributed by atoms with van der Waals surface area (Å²) in [6, 6.07) is 11.5. The summed E-state index contributed by atoms with van der Waals surface area (Å²) in [6.45, 7) is 8.18. The summed E-state index contributed by atoms with van der Waals surface area (Å²) in [5, 5.41) is 25.8. The molecule has 4 aromatic heterocycles. The van der Waals surface area contributed by atoms with E-state index in [1.54, 1.807) is 19.4 Å². The van der Waals surface area contributed by atoms with E-state index < -0.39 is 0 Å². The van der Waals surface area contributed by atoms with Crippen molar-refractivity contribution in [2.24, 2.45) is 5.41 Å². The number of rotatable bonds is 5. The number of aryl methyl sites for hydroxylation is 1. The molecule has 35 heavy (non-hydrogen) atoms. The number of nitrogens with zero attached hydrogens (tertiary/aromatic N) is 8. The highest BCUT2D eigenvalue weighted by Crippen LogP contribution is 2.34. The third-order valence-electron chi connectivity index (χ3n) is 6.54. The first-order valence-electron chi connectivity index (χ1n) is 11.5. The third kappa shape index (κ3) is 4.33. The number of anilines is 2. The van der Waals surface area contributed by atoms with Gasteiger partial charge in [-0.15, -0.1) is 10.2 Å². The molecule has 0 amide bonds. The van der Waals surface area contributed by atoms with Gasteiger partial charge in [0.1, 0.15) is 11.9 Å². The van der Waals surface area contributed by atoms with E-state index in [2.05, 4.69) is 44.2 Å². The molecule has 1 saturated heterocycles. The molecule has 4 aromatic rings. The molecule has 1 fully saturated rings. The standard InChI is InChI=1S/C25H27N9O/c1-16-13-27-22-11-19(17-5-8-23(35-4)28-14-17)32-34(22)24(16)29-20-9-10-33(15-25(20,2)3)21-7-6-18(12-26)30-31-21/h5-8,11,13-14,20,29H,9-10,15H2,1-4H3. The molecule has 1 aliphatic heterocycles. The fraction of sp³-hybridized carbons (Fsp3) is 0.360. The summed E-state index contributed by atoms with van der Waals surface area (Å²) in [4.78, 5) is 11.1. The topological polar surface area (TPSA) is 117 Å². The number of nitriles is 1. The average molecular weight is 470 g/mol. The van der Waals surface area contributed by atoms with Crippen LogP contribution < -0.4 is 15.0 Å². The lowest BCUT2D eigenvalue weighted by atomic mass is 9.79. The number of aromatic nitrogens is 6. The number of pyridine rings is 1. The first-order valence-corrected chi connectivity index (χ1v) is 11.5. The van der Waals surface area contributed by atoms with E-state index in [0.29, 0.717) is 11.6 Å². The van der Waals surface area contributed by atoms with Crippen LogP contribution in [0.4, 0.5) is 11.6 Å². The van der Waals surface area contributed by atoms with Crippen LogP contribution in [0.1, 0.15) is 31.5 Å². The van der Waals surface area contributed by atoms with Crippen LogP contribution in [0.5, 0.6) is 5.88 Å².